The monoisotopic (exact) mass is 596 g/mol. The van der Waals surface area contributed by atoms with Crippen molar-refractivity contribution >= 4 is 12.1 Å². The number of hydrogen-bond acceptors (Lipinski definition) is 6. The van der Waals surface area contributed by atoms with Crippen LogP contribution in [-0.2, 0) is 20.8 Å². The average molecular weight is 597 g/mol. The highest BCUT2D eigenvalue weighted by molar-refractivity contribution is 5.69. The highest BCUT2D eigenvalue weighted by Gasteiger charge is 2.60. The van der Waals surface area contributed by atoms with Gasteiger partial charge in [-0.25, -0.2) is 4.79 Å². The van der Waals surface area contributed by atoms with E-state index in [0.717, 1.165) is 35.4 Å². The quantitative estimate of drug-likeness (QED) is 0.193. The second-order valence-electron chi connectivity index (χ2n) is 11.7. The lowest BCUT2D eigenvalue weighted by Gasteiger charge is -2.45. The van der Waals surface area contributed by atoms with Crippen molar-refractivity contribution in [2.24, 2.45) is 0 Å². The van der Waals surface area contributed by atoms with Gasteiger partial charge in [-0.3, -0.25) is 9.69 Å². The summed E-state index contributed by atoms with van der Waals surface area (Å²) in [5.74, 6) is 0.384. The van der Waals surface area contributed by atoms with E-state index in [0.29, 0.717) is 38.2 Å². The Kier molecular flexibility index (Phi) is 10.1. The molecular formula is C28H38F6N2O5. The molecule has 0 bridgehead atoms. The van der Waals surface area contributed by atoms with Gasteiger partial charge in [-0.05, 0) is 78.0 Å². The Morgan fingerprint density at radius 2 is 1.61 bits per heavy atom. The summed E-state index contributed by atoms with van der Waals surface area (Å²) < 4.78 is 92.3. The summed E-state index contributed by atoms with van der Waals surface area (Å²) >= 11 is 0. The number of amides is 1. The van der Waals surface area contributed by atoms with Crippen molar-refractivity contribution in [3.63, 3.8) is 0 Å². The van der Waals surface area contributed by atoms with Crippen LogP contribution in [0, 0.1) is 6.92 Å². The van der Waals surface area contributed by atoms with Gasteiger partial charge < -0.3 is 19.1 Å². The van der Waals surface area contributed by atoms with Crippen LogP contribution in [0.5, 0.6) is 5.75 Å². The lowest BCUT2D eigenvalue weighted by atomic mass is 9.85. The zero-order valence-corrected chi connectivity index (χ0v) is 23.8. The van der Waals surface area contributed by atoms with E-state index in [2.05, 4.69) is 9.64 Å². The molecule has 1 amide bonds. The standard InChI is InChI=1S/C28H38F6N2O5/c1-19-8-9-20(21(17-19)39-16-5-7-22(37)41-25(2,3)4)18-36-13-6-10-26(36)11-14-35(15-12-26)24(38)40-23(27(29,30)31)28(32,33)34/h8-9,17,23H,5-7,10-16,18H2,1-4H3. The molecule has 13 heteroatoms. The molecule has 2 heterocycles. The highest BCUT2D eigenvalue weighted by atomic mass is 19.4. The number of halogens is 6. The Bertz CT molecular complexity index is 1050. The number of piperidine rings is 1. The predicted molar refractivity (Wildman–Crippen MR) is 137 cm³/mol. The number of carbonyl (C=O) groups is 2. The summed E-state index contributed by atoms with van der Waals surface area (Å²) in [7, 11) is 0. The summed E-state index contributed by atoms with van der Waals surface area (Å²) in [6.07, 6.45) is -14.1. The average Bonchev–Trinajstić information content (AvgIpc) is 3.20. The van der Waals surface area contributed by atoms with E-state index in [-0.39, 0.29) is 31.0 Å². The topological polar surface area (TPSA) is 68.3 Å². The molecule has 0 aliphatic carbocycles. The van der Waals surface area contributed by atoms with Gasteiger partial charge in [0.1, 0.15) is 11.4 Å². The van der Waals surface area contributed by atoms with Crippen molar-refractivity contribution in [3.05, 3.63) is 29.3 Å². The first-order valence-corrected chi connectivity index (χ1v) is 13.7. The molecule has 1 aromatic carbocycles. The van der Waals surface area contributed by atoms with E-state index in [4.69, 9.17) is 9.47 Å². The molecule has 1 aromatic rings. The summed E-state index contributed by atoms with van der Waals surface area (Å²) in [5.41, 5.74) is 1.02. The molecule has 7 nitrogen and oxygen atoms in total. The van der Waals surface area contributed by atoms with Crippen LogP contribution in [-0.4, -0.2) is 77.7 Å². The largest absolute Gasteiger partial charge is 0.493 e. The van der Waals surface area contributed by atoms with Crippen LogP contribution in [0.2, 0.25) is 0 Å². The smallest absolute Gasteiger partial charge is 0.434 e. The fourth-order valence-corrected chi connectivity index (χ4v) is 5.33. The van der Waals surface area contributed by atoms with E-state index in [1.165, 1.54) is 0 Å². The molecule has 2 aliphatic rings. The number of alkyl halides is 6. The van der Waals surface area contributed by atoms with Crippen LogP contribution in [0.3, 0.4) is 0 Å². The van der Waals surface area contributed by atoms with Gasteiger partial charge in [0, 0.05) is 37.2 Å². The van der Waals surface area contributed by atoms with Crippen LogP contribution in [0.15, 0.2) is 18.2 Å². The van der Waals surface area contributed by atoms with Gasteiger partial charge in [0.15, 0.2) is 0 Å². The molecule has 3 rings (SSSR count). The first-order valence-electron chi connectivity index (χ1n) is 13.7. The molecule has 0 unspecified atom stereocenters. The maximum Gasteiger partial charge on any atom is 0.434 e. The van der Waals surface area contributed by atoms with Gasteiger partial charge in [0.25, 0.3) is 6.10 Å². The third-order valence-corrected chi connectivity index (χ3v) is 7.29. The summed E-state index contributed by atoms with van der Waals surface area (Å²) in [4.78, 5) is 27.4. The van der Waals surface area contributed by atoms with E-state index < -0.39 is 30.2 Å². The Morgan fingerprint density at radius 1 is 0.976 bits per heavy atom. The summed E-state index contributed by atoms with van der Waals surface area (Å²) in [6, 6.07) is 5.84. The molecule has 41 heavy (non-hydrogen) atoms. The van der Waals surface area contributed by atoms with Gasteiger partial charge in [-0.2, -0.15) is 26.3 Å². The van der Waals surface area contributed by atoms with Crippen molar-refractivity contribution in [2.75, 3.05) is 26.2 Å². The van der Waals surface area contributed by atoms with Gasteiger partial charge in [0.05, 0.1) is 6.61 Å². The first-order chi connectivity index (χ1) is 18.9. The fraction of sp³-hybridized carbons (Fsp3) is 0.714. The number of benzene rings is 1. The number of aryl methyl sites for hydroxylation is 1. The van der Waals surface area contributed by atoms with Crippen LogP contribution in [0.1, 0.15) is 70.4 Å². The molecule has 1 spiro atoms. The Balaban J connectivity index is 1.59. The summed E-state index contributed by atoms with van der Waals surface area (Å²) in [5, 5.41) is 0. The SMILES string of the molecule is Cc1ccc(CN2CCCC23CCN(C(=O)OC(C(F)(F)F)C(F)(F)F)CC3)c(OCCCC(=O)OC(C)(C)C)c1. The number of hydrogen-bond donors (Lipinski definition) is 0. The Hall–Kier alpha value is -2.70. The second kappa shape index (κ2) is 12.7. The van der Waals surface area contributed by atoms with E-state index in [1.54, 1.807) is 20.8 Å². The van der Waals surface area contributed by atoms with Gasteiger partial charge >= 0.3 is 24.4 Å². The van der Waals surface area contributed by atoms with Gasteiger partial charge in [-0.15, -0.1) is 0 Å². The third-order valence-electron chi connectivity index (χ3n) is 7.29. The number of esters is 1. The fourth-order valence-electron chi connectivity index (χ4n) is 5.33. The number of rotatable bonds is 8. The van der Waals surface area contributed by atoms with Crippen LogP contribution in [0.25, 0.3) is 0 Å². The normalized spacial score (nSPS) is 18.2. The third kappa shape index (κ3) is 9.14. The minimum absolute atomic E-state index is 0.0142. The second-order valence-corrected chi connectivity index (χ2v) is 11.7. The van der Waals surface area contributed by atoms with Crippen molar-refractivity contribution < 1.29 is 50.1 Å². The molecule has 0 radical (unpaired) electrons. The highest BCUT2D eigenvalue weighted by Crippen LogP contribution is 2.41. The maximum absolute atomic E-state index is 12.8. The van der Waals surface area contributed by atoms with Crippen molar-refractivity contribution in [2.45, 2.75) is 102 Å². The van der Waals surface area contributed by atoms with Crippen LogP contribution >= 0.6 is 0 Å². The Labute approximate surface area is 236 Å². The molecule has 0 N–H and O–H groups in total. The first kappa shape index (κ1) is 32.8. The molecule has 0 saturated carbocycles. The van der Waals surface area contributed by atoms with Crippen LogP contribution < -0.4 is 4.74 Å². The minimum atomic E-state index is -5.75. The lowest BCUT2D eigenvalue weighted by Crippen LogP contribution is -2.54. The zero-order chi connectivity index (χ0) is 30.6. The number of nitrogens with zero attached hydrogens (tertiary/aromatic N) is 2. The Morgan fingerprint density at radius 3 is 2.20 bits per heavy atom. The van der Waals surface area contributed by atoms with Crippen molar-refractivity contribution in [1.29, 1.82) is 0 Å². The number of ether oxygens (including phenoxy) is 3. The lowest BCUT2D eigenvalue weighted by molar-refractivity contribution is -0.308. The molecular weight excluding hydrogens is 558 g/mol. The molecule has 232 valence electrons. The van der Waals surface area contributed by atoms with E-state index in [9.17, 15) is 35.9 Å². The number of carbonyl (C=O) groups excluding carboxylic acids is 2. The molecule has 2 fully saturated rings. The van der Waals surface area contributed by atoms with Crippen LogP contribution in [0.4, 0.5) is 31.1 Å². The minimum Gasteiger partial charge on any atom is -0.493 e. The molecule has 0 aromatic heterocycles. The van der Waals surface area contributed by atoms with Crippen molar-refractivity contribution in [1.82, 2.24) is 9.80 Å². The predicted octanol–water partition coefficient (Wildman–Crippen LogP) is 6.56. The number of likely N-dealkylation sites (tertiary alicyclic amines) is 2. The molecule has 2 saturated heterocycles. The maximum atomic E-state index is 12.8. The molecule has 2 aliphatic heterocycles. The van der Waals surface area contributed by atoms with Gasteiger partial charge in [-0.1, -0.05) is 12.1 Å². The van der Waals surface area contributed by atoms with E-state index >= 15 is 0 Å². The van der Waals surface area contributed by atoms with Gasteiger partial charge in [0.2, 0.25) is 0 Å². The molecule has 0 atom stereocenters. The summed E-state index contributed by atoms with van der Waals surface area (Å²) in [6.45, 7) is 8.91. The van der Waals surface area contributed by atoms with E-state index in [1.807, 2.05) is 25.1 Å². The zero-order valence-electron chi connectivity index (χ0n) is 23.8. The van der Waals surface area contributed by atoms with Crippen molar-refractivity contribution in [3.8, 4) is 5.75 Å².